The van der Waals surface area contributed by atoms with Crippen LogP contribution in [0.1, 0.15) is 0 Å². The number of rotatable bonds is 6. The van der Waals surface area contributed by atoms with Crippen LogP contribution in [0.15, 0.2) is 52.5 Å². The summed E-state index contributed by atoms with van der Waals surface area (Å²) in [6.45, 7) is 17.6. The van der Waals surface area contributed by atoms with Crippen molar-refractivity contribution in [2.75, 3.05) is 0 Å². The molecule has 0 saturated heterocycles. The van der Waals surface area contributed by atoms with Crippen molar-refractivity contribution in [1.29, 1.82) is 0 Å². The van der Waals surface area contributed by atoms with Crippen LogP contribution in [-0.2, 0) is 0 Å². The van der Waals surface area contributed by atoms with Gasteiger partial charge in [-0.05, 0) is 29.6 Å². The molecule has 0 aromatic carbocycles. The third-order valence-electron chi connectivity index (χ3n) is 7.16. The van der Waals surface area contributed by atoms with Crippen molar-refractivity contribution in [2.24, 2.45) is 0 Å². The molecule has 0 aliphatic heterocycles. The molecule has 3 rings (SSSR count). The monoisotopic (exact) mass is 466 g/mol. The Balaban J connectivity index is 2.30. The first-order chi connectivity index (χ1) is 12.1. The average Bonchev–Trinajstić information content (AvgIpc) is 3.37. The van der Waals surface area contributed by atoms with Crippen molar-refractivity contribution in [2.45, 2.75) is 45.8 Å². The summed E-state index contributed by atoms with van der Waals surface area (Å²) in [5.74, 6) is 0. The molecule has 26 heavy (non-hydrogen) atoms. The van der Waals surface area contributed by atoms with Crippen LogP contribution < -0.4 is 13.5 Å². The Bertz CT molecular complexity index is 719. The first kappa shape index (κ1) is 20.7. The quantitative estimate of drug-likeness (QED) is 0.431. The van der Waals surface area contributed by atoms with Crippen molar-refractivity contribution < 1.29 is 0 Å². The summed E-state index contributed by atoms with van der Waals surface area (Å²) in [6, 6.07) is 14.2. The minimum atomic E-state index is -1.60. The van der Waals surface area contributed by atoms with E-state index >= 15 is 0 Å². The van der Waals surface area contributed by atoms with Gasteiger partial charge in [-0.3, -0.25) is 0 Å². The smallest absolute Gasteiger partial charge is 0.0826 e. The Morgan fingerprint density at radius 3 is 0.962 bits per heavy atom. The van der Waals surface area contributed by atoms with Gasteiger partial charge in [0.1, 0.15) is 0 Å². The lowest BCUT2D eigenvalue weighted by atomic mass is 10.7. The van der Waals surface area contributed by atoms with Gasteiger partial charge in [-0.2, -0.15) is 34.0 Å². The molecular formula is C19H30S3Si4. The number of hydrogen-bond donors (Lipinski definition) is 0. The second kappa shape index (κ2) is 7.09. The molecule has 0 fully saturated rings. The van der Waals surface area contributed by atoms with Gasteiger partial charge < -0.3 is 0 Å². The third kappa shape index (κ3) is 2.91. The lowest BCUT2D eigenvalue weighted by Crippen LogP contribution is -2.90. The van der Waals surface area contributed by atoms with E-state index < -0.39 is 29.4 Å². The Morgan fingerprint density at radius 2 is 0.769 bits per heavy atom. The second-order valence-corrected chi connectivity index (χ2v) is 51.2. The summed E-state index contributed by atoms with van der Waals surface area (Å²) < 4.78 is 5.21. The molecule has 0 unspecified atom stereocenters. The van der Waals surface area contributed by atoms with Gasteiger partial charge in [-0.1, -0.05) is 82.2 Å². The molecule has 0 bridgehead atoms. The van der Waals surface area contributed by atoms with E-state index in [0.29, 0.717) is 0 Å². The maximum absolute atomic E-state index is 2.84. The van der Waals surface area contributed by atoms with E-state index in [1.807, 2.05) is 34.0 Å². The van der Waals surface area contributed by atoms with Crippen molar-refractivity contribution in [3.8, 4) is 0 Å². The van der Waals surface area contributed by atoms with Gasteiger partial charge in [0.2, 0.25) is 0 Å². The van der Waals surface area contributed by atoms with Crippen LogP contribution in [0, 0.1) is 0 Å². The molecular weight excluding hydrogens is 437 g/mol. The maximum Gasteiger partial charge on any atom is 0.0826 e. The standard InChI is InChI=1S/C19H30S3Si4/c1-23(2,17-11-8-14-20-17)26(7,24(3,4)18-12-9-15-21-18)25(5,6)19-13-10-16-22-19/h8-16H,1-7H3. The van der Waals surface area contributed by atoms with Gasteiger partial charge in [0.05, 0.1) is 29.4 Å². The predicted molar refractivity (Wildman–Crippen MR) is 136 cm³/mol. The first-order valence-corrected chi connectivity index (χ1v) is 26.3. The third-order valence-corrected chi connectivity index (χ3v) is 86.9. The fraction of sp³-hybridized carbons (Fsp3) is 0.368. The lowest BCUT2D eigenvalue weighted by Gasteiger charge is -2.57. The highest BCUT2D eigenvalue weighted by molar-refractivity contribution is 7.96. The molecule has 0 amide bonds. The fourth-order valence-electron chi connectivity index (χ4n) is 4.99. The van der Waals surface area contributed by atoms with Crippen LogP contribution in [0.4, 0.5) is 0 Å². The minimum Gasteiger partial charge on any atom is -0.154 e. The van der Waals surface area contributed by atoms with E-state index in [9.17, 15) is 0 Å². The van der Waals surface area contributed by atoms with E-state index in [1.54, 1.807) is 13.5 Å². The molecule has 3 aromatic rings. The maximum atomic E-state index is 2.84. The summed E-state index contributed by atoms with van der Waals surface area (Å²) in [7, 11) is -4.71. The van der Waals surface area contributed by atoms with Crippen LogP contribution >= 0.6 is 34.0 Å². The molecule has 3 heterocycles. The van der Waals surface area contributed by atoms with Crippen LogP contribution in [0.2, 0.25) is 45.8 Å². The highest BCUT2D eigenvalue weighted by Crippen LogP contribution is 2.38. The van der Waals surface area contributed by atoms with Gasteiger partial charge in [0, 0.05) is 0 Å². The van der Waals surface area contributed by atoms with E-state index in [0.717, 1.165) is 0 Å². The molecule has 0 N–H and O–H groups in total. The molecule has 0 aliphatic carbocycles. The Kier molecular flexibility index (Phi) is 5.65. The lowest BCUT2D eigenvalue weighted by molar-refractivity contribution is 1.80. The zero-order chi connectivity index (χ0) is 19.2. The summed E-state index contributed by atoms with van der Waals surface area (Å²) in [4.78, 5) is 0. The fourth-order valence-corrected chi connectivity index (χ4v) is 98.9. The molecule has 0 spiro atoms. The molecule has 0 nitrogen and oxygen atoms in total. The van der Waals surface area contributed by atoms with Gasteiger partial charge in [0.25, 0.3) is 0 Å². The van der Waals surface area contributed by atoms with E-state index in [2.05, 4.69) is 98.4 Å². The zero-order valence-electron chi connectivity index (χ0n) is 16.9. The highest BCUT2D eigenvalue weighted by Gasteiger charge is 2.66. The molecule has 3 aromatic heterocycles. The highest BCUT2D eigenvalue weighted by atomic mass is 32.1. The second-order valence-electron chi connectivity index (χ2n) is 8.93. The summed E-state index contributed by atoms with van der Waals surface area (Å²) >= 11 is 6.09. The van der Waals surface area contributed by atoms with Crippen molar-refractivity contribution in [3.05, 3.63) is 52.5 Å². The largest absolute Gasteiger partial charge is 0.154 e. The summed E-state index contributed by atoms with van der Waals surface area (Å²) in [5.41, 5.74) is 0. The molecule has 0 saturated carbocycles. The summed E-state index contributed by atoms with van der Waals surface area (Å²) in [6.07, 6.45) is 0. The van der Waals surface area contributed by atoms with Gasteiger partial charge in [-0.15, -0.1) is 0 Å². The van der Waals surface area contributed by atoms with Crippen LogP contribution in [0.3, 0.4) is 0 Å². The number of thiophene rings is 3. The van der Waals surface area contributed by atoms with E-state index in [-0.39, 0.29) is 0 Å². The normalized spacial score (nSPS) is 14.0. The van der Waals surface area contributed by atoms with E-state index in [4.69, 9.17) is 0 Å². The molecule has 0 aliphatic rings. The van der Waals surface area contributed by atoms with Crippen LogP contribution in [-0.4, -0.2) is 29.4 Å². The molecule has 7 heteroatoms. The Labute approximate surface area is 174 Å². The predicted octanol–water partition coefficient (Wildman–Crippen LogP) is 5.33. The Morgan fingerprint density at radius 1 is 0.500 bits per heavy atom. The molecule has 0 atom stereocenters. The zero-order valence-corrected chi connectivity index (χ0v) is 23.4. The first-order valence-electron chi connectivity index (χ1n) is 9.19. The van der Waals surface area contributed by atoms with Gasteiger partial charge >= 0.3 is 0 Å². The number of hydrogen-bond acceptors (Lipinski definition) is 3. The van der Waals surface area contributed by atoms with Crippen LogP contribution in [0.25, 0.3) is 0 Å². The van der Waals surface area contributed by atoms with Crippen molar-refractivity contribution >= 4 is 76.9 Å². The topological polar surface area (TPSA) is 0 Å². The SMILES string of the molecule is C[Si](C)(c1cccs1)[Si](C)([Si](C)(C)c1cccs1)[Si](C)(C)c1cccs1. The average molecular weight is 467 g/mol. The van der Waals surface area contributed by atoms with Gasteiger partial charge in [-0.25, -0.2) is 0 Å². The van der Waals surface area contributed by atoms with Crippen molar-refractivity contribution in [1.82, 2.24) is 0 Å². The molecule has 140 valence electrons. The van der Waals surface area contributed by atoms with Crippen molar-refractivity contribution in [3.63, 3.8) is 0 Å². The minimum absolute atomic E-state index is 1.57. The molecule has 0 radical (unpaired) electrons. The Hall–Kier alpha value is -0.0325. The van der Waals surface area contributed by atoms with Gasteiger partial charge in [0.15, 0.2) is 0 Å². The summed E-state index contributed by atoms with van der Waals surface area (Å²) in [5, 5.41) is 6.91. The van der Waals surface area contributed by atoms with E-state index in [1.165, 1.54) is 0 Å². The van der Waals surface area contributed by atoms with Crippen LogP contribution in [0.5, 0.6) is 0 Å².